The van der Waals surface area contributed by atoms with E-state index in [1.54, 1.807) is 20.3 Å². The third-order valence-electron chi connectivity index (χ3n) is 2.76. The number of nitrogens with zero attached hydrogens (tertiary/aromatic N) is 1. The molecule has 1 amide bonds. The van der Waals surface area contributed by atoms with Gasteiger partial charge in [0.2, 0.25) is 5.91 Å². The molecule has 0 unspecified atom stereocenters. The van der Waals surface area contributed by atoms with Crippen LogP contribution in [0.3, 0.4) is 0 Å². The first-order chi connectivity index (χ1) is 10.7. The molecule has 1 heterocycles. The van der Waals surface area contributed by atoms with E-state index in [-0.39, 0.29) is 5.91 Å². The summed E-state index contributed by atoms with van der Waals surface area (Å²) >= 11 is 5.77. The zero-order chi connectivity index (χ0) is 16.2. The average Bonchev–Trinajstić information content (AvgIpc) is 2.88. The number of carbonyl (C=O) groups excluding carboxylic acids is 1. The maximum absolute atomic E-state index is 12.0. The third-order valence-corrected chi connectivity index (χ3v) is 2.98. The topological polar surface area (TPSA) is 50.7 Å². The van der Waals surface area contributed by atoms with E-state index < -0.39 is 0 Å². The maximum Gasteiger partial charge on any atom is 0.249 e. The van der Waals surface area contributed by atoms with E-state index in [1.807, 2.05) is 24.3 Å². The second kappa shape index (κ2) is 10.8. The van der Waals surface area contributed by atoms with E-state index in [2.05, 4.69) is 27.2 Å². The minimum atomic E-state index is -0.105. The van der Waals surface area contributed by atoms with Crippen molar-refractivity contribution >= 4 is 22.7 Å². The lowest BCUT2D eigenvalue weighted by atomic mass is 10.1. The quantitative estimate of drug-likeness (QED) is 0.867. The molecule has 1 aliphatic heterocycles. The Kier molecular flexibility index (Phi) is 8.88. The van der Waals surface area contributed by atoms with Crippen LogP contribution in [0, 0.1) is 0 Å². The molecule has 0 aromatic heterocycles. The monoisotopic (exact) mass is 320 g/mol. The summed E-state index contributed by atoms with van der Waals surface area (Å²) in [5, 5.41) is 3.28. The number of hydrogen-bond donors (Lipinski definition) is 1. The van der Waals surface area contributed by atoms with Gasteiger partial charge in [-0.2, -0.15) is 0 Å². The molecule has 0 aromatic carbocycles. The van der Waals surface area contributed by atoms with Gasteiger partial charge in [-0.05, 0) is 24.5 Å². The summed E-state index contributed by atoms with van der Waals surface area (Å²) in [6.45, 7) is 0.523. The van der Waals surface area contributed by atoms with Crippen molar-refractivity contribution in [3.05, 3.63) is 59.9 Å². The van der Waals surface area contributed by atoms with Crippen molar-refractivity contribution < 1.29 is 9.53 Å². The highest BCUT2D eigenvalue weighted by atomic mass is 35.5. The number of rotatable bonds is 3. The van der Waals surface area contributed by atoms with Gasteiger partial charge in [-0.25, -0.2) is 4.99 Å². The van der Waals surface area contributed by atoms with Crippen LogP contribution in [-0.4, -0.2) is 31.8 Å². The Balaban J connectivity index is 0.000000745. The van der Waals surface area contributed by atoms with Crippen LogP contribution < -0.4 is 5.32 Å². The van der Waals surface area contributed by atoms with E-state index >= 15 is 0 Å². The summed E-state index contributed by atoms with van der Waals surface area (Å²) in [4.78, 5) is 16.0. The van der Waals surface area contributed by atoms with E-state index in [0.717, 1.165) is 12.0 Å². The lowest BCUT2D eigenvalue weighted by Crippen LogP contribution is -2.26. The van der Waals surface area contributed by atoms with Crippen LogP contribution in [-0.2, 0) is 9.53 Å². The van der Waals surface area contributed by atoms with Gasteiger partial charge in [0, 0.05) is 32.5 Å². The molecule has 2 aliphatic rings. The Bertz CT molecular complexity index is 555. The van der Waals surface area contributed by atoms with Crippen LogP contribution in [0.4, 0.5) is 0 Å². The number of aliphatic imine (C=N–C) groups is 1. The zero-order valence-electron chi connectivity index (χ0n) is 12.9. The Morgan fingerprint density at radius 2 is 2.09 bits per heavy atom. The van der Waals surface area contributed by atoms with Crippen LogP contribution in [0.15, 0.2) is 64.9 Å². The number of nitrogens with one attached hydrogen (secondary N) is 1. The van der Waals surface area contributed by atoms with Gasteiger partial charge in [0.1, 0.15) is 5.17 Å². The summed E-state index contributed by atoms with van der Waals surface area (Å²) in [5.41, 5.74) is 1.72. The van der Waals surface area contributed by atoms with Crippen molar-refractivity contribution in [1.29, 1.82) is 0 Å². The van der Waals surface area contributed by atoms with E-state index in [1.165, 1.54) is 6.20 Å². The summed E-state index contributed by atoms with van der Waals surface area (Å²) in [5.74, 6) is -0.105. The molecule has 0 atom stereocenters. The standard InChI is InChI=1S/C15H15ClN2O.C2H6O/c16-14-9-5-8-13(11-17-14)15(19)18-10-12-6-3-1-2-4-7-12;1-3-2/h1-3,5-7,9,11H,4,8,10H2,(H,18,19);1-2H3. The lowest BCUT2D eigenvalue weighted by Gasteiger charge is -2.07. The molecule has 0 fully saturated rings. The zero-order valence-corrected chi connectivity index (χ0v) is 13.6. The molecule has 0 radical (unpaired) electrons. The molecule has 0 spiro atoms. The van der Waals surface area contributed by atoms with Crippen molar-refractivity contribution in [2.75, 3.05) is 20.8 Å². The van der Waals surface area contributed by atoms with Crippen LogP contribution in [0.5, 0.6) is 0 Å². The van der Waals surface area contributed by atoms with Crippen LogP contribution >= 0.6 is 11.6 Å². The summed E-state index contributed by atoms with van der Waals surface area (Å²) in [6.07, 6.45) is 16.6. The first-order valence-electron chi connectivity index (χ1n) is 6.96. The molecular formula is C17H21ClN2O2. The lowest BCUT2D eigenvalue weighted by molar-refractivity contribution is -0.117. The highest BCUT2D eigenvalue weighted by Gasteiger charge is 2.09. The molecular weight excluding hydrogens is 300 g/mol. The van der Waals surface area contributed by atoms with Gasteiger partial charge in [0.15, 0.2) is 0 Å². The molecule has 0 saturated carbocycles. The number of methoxy groups -OCH3 is 1. The predicted molar refractivity (Wildman–Crippen MR) is 92.1 cm³/mol. The number of halogens is 1. The number of carbonyl (C=O) groups is 1. The fraction of sp³-hybridized carbons (Fsp3) is 0.294. The van der Waals surface area contributed by atoms with Crippen molar-refractivity contribution in [3.63, 3.8) is 0 Å². The number of hydrogen-bond acceptors (Lipinski definition) is 3. The predicted octanol–water partition coefficient (Wildman–Crippen LogP) is 3.29. The van der Waals surface area contributed by atoms with Crippen LogP contribution in [0.25, 0.3) is 0 Å². The van der Waals surface area contributed by atoms with Gasteiger partial charge in [-0.15, -0.1) is 0 Å². The maximum atomic E-state index is 12.0. The minimum absolute atomic E-state index is 0.105. The van der Waals surface area contributed by atoms with Crippen LogP contribution in [0.1, 0.15) is 12.8 Å². The van der Waals surface area contributed by atoms with Crippen LogP contribution in [0.2, 0.25) is 0 Å². The Morgan fingerprint density at radius 3 is 2.86 bits per heavy atom. The van der Waals surface area contributed by atoms with E-state index in [4.69, 9.17) is 11.6 Å². The van der Waals surface area contributed by atoms with Gasteiger partial charge in [0.25, 0.3) is 0 Å². The summed E-state index contributed by atoms with van der Waals surface area (Å²) in [6, 6.07) is 0. The normalized spacial score (nSPS) is 16.4. The first-order valence-corrected chi connectivity index (χ1v) is 7.34. The summed E-state index contributed by atoms with van der Waals surface area (Å²) < 4.78 is 4.25. The number of amides is 1. The van der Waals surface area contributed by atoms with Crippen molar-refractivity contribution in [2.45, 2.75) is 12.8 Å². The molecule has 0 bridgehead atoms. The van der Waals surface area contributed by atoms with Gasteiger partial charge in [-0.1, -0.05) is 48.1 Å². The second-order valence-electron chi connectivity index (χ2n) is 4.61. The SMILES string of the molecule is COC.O=C(NCC1=CCC=CC=C1)C1=CN=C(Cl)C=CC1. The average molecular weight is 321 g/mol. The van der Waals surface area contributed by atoms with Crippen molar-refractivity contribution in [3.8, 4) is 0 Å². The molecule has 2 rings (SSSR count). The largest absolute Gasteiger partial charge is 0.388 e. The van der Waals surface area contributed by atoms with Crippen molar-refractivity contribution in [2.24, 2.45) is 4.99 Å². The molecule has 4 nitrogen and oxygen atoms in total. The molecule has 0 aromatic rings. The number of ether oxygens (including phenoxy) is 1. The Morgan fingerprint density at radius 1 is 1.32 bits per heavy atom. The Hall–Kier alpha value is -1.91. The molecule has 5 heteroatoms. The second-order valence-corrected chi connectivity index (χ2v) is 4.99. The highest BCUT2D eigenvalue weighted by Crippen LogP contribution is 2.10. The van der Waals surface area contributed by atoms with Gasteiger partial charge >= 0.3 is 0 Å². The van der Waals surface area contributed by atoms with Crippen molar-refractivity contribution in [1.82, 2.24) is 5.32 Å². The minimum Gasteiger partial charge on any atom is -0.388 e. The molecule has 1 aliphatic carbocycles. The van der Waals surface area contributed by atoms with E-state index in [9.17, 15) is 4.79 Å². The Labute approximate surface area is 136 Å². The fourth-order valence-corrected chi connectivity index (χ4v) is 1.86. The van der Waals surface area contributed by atoms with Gasteiger partial charge in [0.05, 0.1) is 0 Å². The fourth-order valence-electron chi connectivity index (χ4n) is 1.72. The van der Waals surface area contributed by atoms with Gasteiger partial charge in [-0.3, -0.25) is 4.79 Å². The smallest absolute Gasteiger partial charge is 0.249 e. The molecule has 1 N–H and O–H groups in total. The third kappa shape index (κ3) is 7.20. The summed E-state index contributed by atoms with van der Waals surface area (Å²) in [7, 11) is 3.25. The van der Waals surface area contributed by atoms with Gasteiger partial charge < -0.3 is 10.1 Å². The van der Waals surface area contributed by atoms with E-state index in [0.29, 0.717) is 23.7 Å². The highest BCUT2D eigenvalue weighted by molar-refractivity contribution is 6.68. The first kappa shape index (κ1) is 18.1. The molecule has 22 heavy (non-hydrogen) atoms. The molecule has 118 valence electrons. The number of allylic oxidation sites excluding steroid dienone is 6. The molecule has 0 saturated heterocycles.